The zero-order valence-electron chi connectivity index (χ0n) is 9.22. The van der Waals surface area contributed by atoms with Gasteiger partial charge in [0.15, 0.2) is 0 Å². The number of nitrogens with one attached hydrogen (secondary N) is 1. The second-order valence-corrected chi connectivity index (χ2v) is 4.78. The summed E-state index contributed by atoms with van der Waals surface area (Å²) in [5.41, 5.74) is -0.184. The lowest BCUT2D eigenvalue weighted by Gasteiger charge is -2.27. The molecule has 13 heavy (non-hydrogen) atoms. The number of rotatable bonds is 2. The van der Waals surface area contributed by atoms with Gasteiger partial charge in [-0.05, 0) is 26.2 Å². The van der Waals surface area contributed by atoms with Crippen molar-refractivity contribution in [2.45, 2.75) is 45.8 Å². The van der Waals surface area contributed by atoms with Crippen LogP contribution in [-0.4, -0.2) is 29.6 Å². The molecule has 0 aromatic carbocycles. The monoisotopic (exact) mass is 184 g/mol. The van der Waals surface area contributed by atoms with Crippen molar-refractivity contribution in [2.75, 3.05) is 7.05 Å². The van der Waals surface area contributed by atoms with Crippen LogP contribution >= 0.6 is 0 Å². The molecule has 1 saturated heterocycles. The van der Waals surface area contributed by atoms with Crippen molar-refractivity contribution < 1.29 is 4.79 Å². The van der Waals surface area contributed by atoms with Gasteiger partial charge in [-0.1, -0.05) is 13.8 Å². The molecule has 1 aliphatic heterocycles. The van der Waals surface area contributed by atoms with Crippen LogP contribution in [0, 0.1) is 5.92 Å². The smallest absolute Gasteiger partial charge is 0.240 e. The molecule has 0 radical (unpaired) electrons. The molecule has 1 aliphatic rings. The number of hydrogen-bond donors (Lipinski definition) is 1. The van der Waals surface area contributed by atoms with E-state index in [2.05, 4.69) is 19.2 Å². The maximum atomic E-state index is 11.7. The molecule has 0 aromatic rings. The van der Waals surface area contributed by atoms with Crippen molar-refractivity contribution >= 4 is 5.91 Å². The highest BCUT2D eigenvalue weighted by molar-refractivity contribution is 5.84. The van der Waals surface area contributed by atoms with E-state index in [0.29, 0.717) is 5.92 Å². The Bertz CT molecular complexity index is 211. The maximum Gasteiger partial charge on any atom is 0.240 e. The molecule has 0 aliphatic carbocycles. The third-order valence-corrected chi connectivity index (χ3v) is 2.70. The number of carbonyl (C=O) groups excluding carboxylic acids is 1. The summed E-state index contributed by atoms with van der Waals surface area (Å²) in [5, 5.41) is 3.34. The molecule has 1 amide bonds. The van der Waals surface area contributed by atoms with Crippen molar-refractivity contribution in [3.63, 3.8) is 0 Å². The Balaban J connectivity index is 2.67. The number of likely N-dealkylation sites (N-methyl/N-ethyl adjacent to an activating group) is 1. The van der Waals surface area contributed by atoms with E-state index in [9.17, 15) is 4.79 Å². The van der Waals surface area contributed by atoms with Gasteiger partial charge in [0.25, 0.3) is 0 Å². The standard InChI is InChI=1S/C10H20N2O/c1-7(2)6-8-9(13)12(5)10(3,4)11-8/h7-8,11H,6H2,1-5H3. The zero-order valence-corrected chi connectivity index (χ0v) is 9.22. The van der Waals surface area contributed by atoms with Crippen LogP contribution in [0.5, 0.6) is 0 Å². The van der Waals surface area contributed by atoms with E-state index in [-0.39, 0.29) is 17.6 Å². The van der Waals surface area contributed by atoms with Gasteiger partial charge in [0.1, 0.15) is 0 Å². The molecular formula is C10H20N2O. The van der Waals surface area contributed by atoms with Crippen molar-refractivity contribution in [1.29, 1.82) is 0 Å². The zero-order chi connectivity index (χ0) is 10.2. The van der Waals surface area contributed by atoms with Crippen molar-refractivity contribution in [2.24, 2.45) is 5.92 Å². The molecule has 1 rings (SSSR count). The second kappa shape index (κ2) is 3.29. The van der Waals surface area contributed by atoms with Gasteiger partial charge in [0.05, 0.1) is 11.7 Å². The van der Waals surface area contributed by atoms with Gasteiger partial charge >= 0.3 is 0 Å². The molecule has 76 valence electrons. The summed E-state index contributed by atoms with van der Waals surface area (Å²) in [6.45, 7) is 8.34. The average Bonchev–Trinajstić information content (AvgIpc) is 2.13. The summed E-state index contributed by atoms with van der Waals surface area (Å²) in [5.74, 6) is 0.780. The van der Waals surface area contributed by atoms with Crippen LogP contribution in [0.1, 0.15) is 34.1 Å². The van der Waals surface area contributed by atoms with Crippen molar-refractivity contribution in [1.82, 2.24) is 10.2 Å². The minimum absolute atomic E-state index is 0.0139. The fourth-order valence-corrected chi connectivity index (χ4v) is 1.73. The molecule has 1 atom stereocenters. The molecule has 0 saturated carbocycles. The Labute approximate surface area is 80.5 Å². The number of hydrogen-bond acceptors (Lipinski definition) is 2. The minimum atomic E-state index is -0.184. The first-order chi connectivity index (χ1) is 5.84. The van der Waals surface area contributed by atoms with E-state index >= 15 is 0 Å². The first-order valence-corrected chi connectivity index (χ1v) is 4.90. The Kier molecular flexibility index (Phi) is 2.66. The first kappa shape index (κ1) is 10.5. The second-order valence-electron chi connectivity index (χ2n) is 4.78. The SMILES string of the molecule is CC(C)CC1NC(C)(C)N(C)C1=O. The van der Waals surface area contributed by atoms with Crippen molar-refractivity contribution in [3.05, 3.63) is 0 Å². The van der Waals surface area contributed by atoms with E-state index in [1.165, 1.54) is 0 Å². The Morgan fingerprint density at radius 1 is 1.54 bits per heavy atom. The van der Waals surface area contributed by atoms with E-state index in [0.717, 1.165) is 6.42 Å². The third-order valence-electron chi connectivity index (χ3n) is 2.70. The highest BCUT2D eigenvalue weighted by Gasteiger charge is 2.41. The van der Waals surface area contributed by atoms with Crippen molar-refractivity contribution in [3.8, 4) is 0 Å². The summed E-state index contributed by atoms with van der Waals surface area (Å²) in [4.78, 5) is 13.5. The summed E-state index contributed by atoms with van der Waals surface area (Å²) in [7, 11) is 1.86. The van der Waals surface area contributed by atoms with Gasteiger partial charge in [-0.15, -0.1) is 0 Å². The maximum absolute atomic E-state index is 11.7. The molecule has 1 unspecified atom stereocenters. The normalized spacial score (nSPS) is 27.4. The van der Waals surface area contributed by atoms with Gasteiger partial charge in [-0.25, -0.2) is 0 Å². The van der Waals surface area contributed by atoms with Crippen LogP contribution in [0.3, 0.4) is 0 Å². The molecule has 0 aromatic heterocycles. The topological polar surface area (TPSA) is 32.3 Å². The van der Waals surface area contributed by atoms with Gasteiger partial charge in [-0.3, -0.25) is 10.1 Å². The fourth-order valence-electron chi connectivity index (χ4n) is 1.73. The summed E-state index contributed by atoms with van der Waals surface area (Å²) in [6, 6.07) is 0.0139. The predicted molar refractivity (Wildman–Crippen MR) is 53.2 cm³/mol. The number of carbonyl (C=O) groups is 1. The molecule has 3 nitrogen and oxygen atoms in total. The molecular weight excluding hydrogens is 164 g/mol. The van der Waals surface area contributed by atoms with E-state index in [1.807, 2.05) is 20.9 Å². The van der Waals surface area contributed by atoms with Crippen LogP contribution in [0.15, 0.2) is 0 Å². The lowest BCUT2D eigenvalue weighted by atomic mass is 10.0. The lowest BCUT2D eigenvalue weighted by Crippen LogP contribution is -2.45. The van der Waals surface area contributed by atoms with Crippen LogP contribution < -0.4 is 5.32 Å². The average molecular weight is 184 g/mol. The van der Waals surface area contributed by atoms with E-state index in [4.69, 9.17) is 0 Å². The number of nitrogens with zero attached hydrogens (tertiary/aromatic N) is 1. The van der Waals surface area contributed by atoms with Crippen LogP contribution in [0.25, 0.3) is 0 Å². The Hall–Kier alpha value is -0.570. The van der Waals surface area contributed by atoms with Gasteiger partial charge < -0.3 is 4.90 Å². The fraction of sp³-hybridized carbons (Fsp3) is 0.900. The Morgan fingerprint density at radius 2 is 2.08 bits per heavy atom. The predicted octanol–water partition coefficient (Wildman–Crippen LogP) is 1.20. The molecule has 1 fully saturated rings. The van der Waals surface area contributed by atoms with Crippen LogP contribution in [0.2, 0.25) is 0 Å². The van der Waals surface area contributed by atoms with Gasteiger partial charge in [0, 0.05) is 7.05 Å². The first-order valence-electron chi connectivity index (χ1n) is 4.90. The third kappa shape index (κ3) is 2.02. The summed E-state index contributed by atoms with van der Waals surface area (Å²) >= 11 is 0. The van der Waals surface area contributed by atoms with Gasteiger partial charge in [-0.2, -0.15) is 0 Å². The highest BCUT2D eigenvalue weighted by Crippen LogP contribution is 2.22. The highest BCUT2D eigenvalue weighted by atomic mass is 16.2. The van der Waals surface area contributed by atoms with Crippen LogP contribution in [0.4, 0.5) is 0 Å². The van der Waals surface area contributed by atoms with E-state index < -0.39 is 0 Å². The molecule has 3 heteroatoms. The summed E-state index contributed by atoms with van der Waals surface area (Å²) in [6.07, 6.45) is 0.923. The summed E-state index contributed by atoms with van der Waals surface area (Å²) < 4.78 is 0. The largest absolute Gasteiger partial charge is 0.327 e. The van der Waals surface area contributed by atoms with Crippen LogP contribution in [-0.2, 0) is 4.79 Å². The molecule has 0 spiro atoms. The quantitative estimate of drug-likeness (QED) is 0.699. The van der Waals surface area contributed by atoms with E-state index in [1.54, 1.807) is 4.90 Å². The minimum Gasteiger partial charge on any atom is -0.327 e. The molecule has 1 heterocycles. The lowest BCUT2D eigenvalue weighted by molar-refractivity contribution is -0.130. The van der Waals surface area contributed by atoms with Gasteiger partial charge in [0.2, 0.25) is 5.91 Å². The molecule has 1 N–H and O–H groups in total. The molecule has 0 bridgehead atoms. The Morgan fingerprint density at radius 3 is 2.38 bits per heavy atom. The number of amides is 1.